The largest absolute Gasteiger partial charge is 0.393 e. The molecule has 1 heterocycles. The molecule has 2 N–H and O–H groups in total. The molecule has 0 radical (unpaired) electrons. The van der Waals surface area contributed by atoms with Crippen molar-refractivity contribution in [2.45, 2.75) is 149 Å². The lowest BCUT2D eigenvalue weighted by Crippen LogP contribution is -2.35. The summed E-state index contributed by atoms with van der Waals surface area (Å²) in [5.74, 6) is 0. The Morgan fingerprint density at radius 1 is 0.925 bits per heavy atom. The second kappa shape index (κ2) is 19.8. The molecule has 0 aliphatic carbocycles. The molecule has 4 nitrogen and oxygen atoms in total. The van der Waals surface area contributed by atoms with E-state index < -0.39 is 0 Å². The van der Waals surface area contributed by atoms with Crippen molar-refractivity contribution in [2.75, 3.05) is 26.8 Å². The zero-order valence-electron chi connectivity index (χ0n) is 26.9. The van der Waals surface area contributed by atoms with Crippen LogP contribution in [0.2, 0.25) is 0 Å². The highest BCUT2D eigenvalue weighted by Crippen LogP contribution is 2.30. The van der Waals surface area contributed by atoms with Gasteiger partial charge in [0.1, 0.15) is 0 Å². The summed E-state index contributed by atoms with van der Waals surface area (Å²) in [6, 6.07) is 7.11. The minimum Gasteiger partial charge on any atom is -0.393 e. The fourth-order valence-corrected chi connectivity index (χ4v) is 5.73. The molecule has 3 atom stereocenters. The Balaban J connectivity index is 1.71. The van der Waals surface area contributed by atoms with Gasteiger partial charge in [-0.05, 0) is 107 Å². The molecule has 0 bridgehead atoms. The molecule has 1 saturated heterocycles. The quantitative estimate of drug-likeness (QED) is 0.118. The molecular weight excluding hydrogens is 494 g/mol. The molecule has 1 aromatic rings. The van der Waals surface area contributed by atoms with Gasteiger partial charge in [-0.3, -0.25) is 0 Å². The van der Waals surface area contributed by atoms with Crippen LogP contribution in [0.3, 0.4) is 0 Å². The van der Waals surface area contributed by atoms with Crippen LogP contribution < -0.4 is 5.32 Å². The summed E-state index contributed by atoms with van der Waals surface area (Å²) in [4.78, 5) is 0. The zero-order chi connectivity index (χ0) is 29.2. The molecule has 3 unspecified atom stereocenters. The molecule has 40 heavy (non-hydrogen) atoms. The number of allylic oxidation sites excluding steroid dienone is 1. The van der Waals surface area contributed by atoms with Gasteiger partial charge in [0, 0.05) is 13.2 Å². The Morgan fingerprint density at radius 2 is 1.57 bits per heavy atom. The van der Waals surface area contributed by atoms with Crippen molar-refractivity contribution in [3.8, 4) is 0 Å². The summed E-state index contributed by atoms with van der Waals surface area (Å²) in [6.45, 7) is 16.2. The van der Waals surface area contributed by atoms with Crippen molar-refractivity contribution in [3.05, 3.63) is 47.0 Å². The van der Waals surface area contributed by atoms with Crippen molar-refractivity contribution < 1.29 is 14.6 Å². The number of aliphatic hydroxyl groups excluding tert-OH is 1. The van der Waals surface area contributed by atoms with E-state index in [9.17, 15) is 5.11 Å². The highest BCUT2D eigenvalue weighted by atomic mass is 16.5. The number of unbranched alkanes of at least 4 members (excludes halogenated alkanes) is 8. The molecule has 1 aliphatic heterocycles. The molecule has 1 aromatic carbocycles. The minimum atomic E-state index is -0.244. The van der Waals surface area contributed by atoms with Gasteiger partial charge in [-0.2, -0.15) is 0 Å². The van der Waals surface area contributed by atoms with E-state index >= 15 is 0 Å². The minimum absolute atomic E-state index is 0.103. The highest BCUT2D eigenvalue weighted by molar-refractivity contribution is 5.34. The number of aliphatic hydroxyl groups is 1. The summed E-state index contributed by atoms with van der Waals surface area (Å²) in [5, 5.41) is 13.5. The maximum Gasteiger partial charge on any atom is 0.0643 e. The van der Waals surface area contributed by atoms with E-state index in [0.29, 0.717) is 0 Å². The number of benzene rings is 1. The van der Waals surface area contributed by atoms with Crippen molar-refractivity contribution in [3.63, 3.8) is 0 Å². The van der Waals surface area contributed by atoms with Crippen LogP contribution in [-0.2, 0) is 28.7 Å². The first-order valence-electron chi connectivity index (χ1n) is 16.5. The predicted molar refractivity (Wildman–Crippen MR) is 171 cm³/mol. The summed E-state index contributed by atoms with van der Waals surface area (Å²) in [7, 11) is 2.03. The Labute approximate surface area is 247 Å². The average Bonchev–Trinajstić information content (AvgIpc) is 2.89. The fourth-order valence-electron chi connectivity index (χ4n) is 5.73. The summed E-state index contributed by atoms with van der Waals surface area (Å²) >= 11 is 0. The molecule has 0 saturated carbocycles. The Bertz CT molecular complexity index is 805. The third kappa shape index (κ3) is 15.1. The van der Waals surface area contributed by atoms with Gasteiger partial charge < -0.3 is 19.9 Å². The monoisotopic (exact) mass is 557 g/mol. The van der Waals surface area contributed by atoms with E-state index in [1.54, 1.807) is 0 Å². The Morgan fingerprint density at radius 3 is 2.23 bits per heavy atom. The van der Waals surface area contributed by atoms with Crippen molar-refractivity contribution in [1.82, 2.24) is 5.32 Å². The molecule has 230 valence electrons. The zero-order valence-corrected chi connectivity index (χ0v) is 26.9. The maximum atomic E-state index is 10.3. The van der Waals surface area contributed by atoms with E-state index in [4.69, 9.17) is 9.47 Å². The van der Waals surface area contributed by atoms with Crippen LogP contribution in [0.4, 0.5) is 0 Å². The van der Waals surface area contributed by atoms with E-state index in [1.807, 2.05) is 7.05 Å². The Kier molecular flexibility index (Phi) is 17.4. The van der Waals surface area contributed by atoms with Crippen molar-refractivity contribution in [1.29, 1.82) is 0 Å². The van der Waals surface area contributed by atoms with Crippen LogP contribution in [0.1, 0.15) is 128 Å². The average molecular weight is 558 g/mol. The Hall–Kier alpha value is -1.20. The molecule has 1 fully saturated rings. The number of hydrogen-bond acceptors (Lipinski definition) is 4. The lowest BCUT2D eigenvalue weighted by atomic mass is 9.83. The molecule has 0 amide bonds. The lowest BCUT2D eigenvalue weighted by Gasteiger charge is -2.32. The predicted octanol–water partition coefficient (Wildman–Crippen LogP) is 8.37. The van der Waals surface area contributed by atoms with Gasteiger partial charge in [0.05, 0.1) is 18.3 Å². The van der Waals surface area contributed by atoms with Gasteiger partial charge in [-0.25, -0.2) is 0 Å². The summed E-state index contributed by atoms with van der Waals surface area (Å²) in [6.07, 6.45) is 18.3. The van der Waals surface area contributed by atoms with Gasteiger partial charge >= 0.3 is 0 Å². The van der Waals surface area contributed by atoms with Gasteiger partial charge in [0.25, 0.3) is 0 Å². The van der Waals surface area contributed by atoms with Crippen LogP contribution in [-0.4, -0.2) is 50.2 Å². The topological polar surface area (TPSA) is 50.7 Å². The number of rotatable bonds is 21. The van der Waals surface area contributed by atoms with Gasteiger partial charge in [-0.15, -0.1) is 0 Å². The van der Waals surface area contributed by atoms with Crippen molar-refractivity contribution in [2.24, 2.45) is 5.41 Å². The molecule has 0 spiro atoms. The standard InChI is InChI=1S/C36H63NO3/c1-29(36(3,4)5)18-20-32-26-31(19-21-33(32)27-35-28-34(38)25-30(2)40-35)17-13-9-7-11-15-23-39-24-16-12-8-10-14-22-37-6/h19,21,26,30,34-35,37-38H,1,7-18,20,22-25,27-28H2,2-6H3. The van der Waals surface area contributed by atoms with E-state index in [2.05, 4.69) is 57.8 Å². The molecular formula is C36H63NO3. The van der Waals surface area contributed by atoms with Crippen LogP contribution in [0.25, 0.3) is 0 Å². The third-order valence-corrected chi connectivity index (χ3v) is 8.51. The van der Waals surface area contributed by atoms with E-state index in [1.165, 1.54) is 86.5 Å². The number of nitrogens with one attached hydrogen (secondary N) is 1. The highest BCUT2D eigenvalue weighted by Gasteiger charge is 2.26. The molecule has 2 rings (SSSR count). The second-order valence-corrected chi connectivity index (χ2v) is 13.4. The van der Waals surface area contributed by atoms with Crippen LogP contribution in [0.5, 0.6) is 0 Å². The first-order chi connectivity index (χ1) is 19.2. The van der Waals surface area contributed by atoms with Gasteiger partial charge in [0.2, 0.25) is 0 Å². The third-order valence-electron chi connectivity index (χ3n) is 8.51. The lowest BCUT2D eigenvalue weighted by molar-refractivity contribution is -0.0866. The first-order valence-corrected chi connectivity index (χ1v) is 16.5. The number of aryl methyl sites for hydroxylation is 2. The number of ether oxygens (including phenoxy) is 2. The van der Waals surface area contributed by atoms with Crippen LogP contribution in [0.15, 0.2) is 30.4 Å². The summed E-state index contributed by atoms with van der Waals surface area (Å²) in [5.41, 5.74) is 5.72. The molecule has 4 heteroatoms. The van der Waals surface area contributed by atoms with E-state index in [0.717, 1.165) is 58.3 Å². The maximum absolute atomic E-state index is 10.3. The SMILES string of the molecule is C=C(CCc1cc(CCCCCCCOCCCCCCCNC)ccc1CC1CC(O)CC(C)O1)C(C)(C)C. The molecule has 0 aromatic heterocycles. The molecule has 1 aliphatic rings. The van der Waals surface area contributed by atoms with Crippen LogP contribution in [0, 0.1) is 5.41 Å². The second-order valence-electron chi connectivity index (χ2n) is 13.4. The van der Waals surface area contributed by atoms with Gasteiger partial charge in [0.15, 0.2) is 0 Å². The normalized spacial score (nSPS) is 19.7. The van der Waals surface area contributed by atoms with Crippen molar-refractivity contribution >= 4 is 0 Å². The van der Waals surface area contributed by atoms with E-state index in [-0.39, 0.29) is 23.7 Å². The fraction of sp³-hybridized carbons (Fsp3) is 0.778. The smallest absolute Gasteiger partial charge is 0.0643 e. The first kappa shape index (κ1) is 35.0. The van der Waals surface area contributed by atoms with Gasteiger partial charge in [-0.1, -0.05) is 89.6 Å². The van der Waals surface area contributed by atoms with Crippen LogP contribution >= 0.6 is 0 Å². The summed E-state index contributed by atoms with van der Waals surface area (Å²) < 4.78 is 12.0. The number of hydrogen-bond donors (Lipinski definition) is 2.